The molecule has 106 valence electrons. The highest BCUT2D eigenvalue weighted by atomic mass is 79.9. The van der Waals surface area contributed by atoms with Crippen LogP contribution in [0.25, 0.3) is 0 Å². The third-order valence-electron chi connectivity index (χ3n) is 2.23. The second-order valence-corrected chi connectivity index (χ2v) is 5.82. The van der Waals surface area contributed by atoms with Gasteiger partial charge in [-0.25, -0.2) is 9.18 Å². The number of carbonyl (C=O) groups excluding carboxylic acids is 1. The van der Waals surface area contributed by atoms with Gasteiger partial charge in [0.05, 0.1) is 17.1 Å². The fourth-order valence-corrected chi connectivity index (χ4v) is 2.00. The molecule has 0 fully saturated rings. The largest absolute Gasteiger partial charge is 0.444 e. The number of nitrogens with one attached hydrogen (secondary N) is 1. The van der Waals surface area contributed by atoms with Crippen LogP contribution < -0.4 is 5.32 Å². The van der Waals surface area contributed by atoms with E-state index in [4.69, 9.17) is 4.74 Å². The van der Waals surface area contributed by atoms with Crippen molar-refractivity contribution in [1.82, 2.24) is 5.32 Å². The molecule has 0 unspecified atom stereocenters. The van der Waals surface area contributed by atoms with E-state index in [1.54, 1.807) is 26.8 Å². The third kappa shape index (κ3) is 4.80. The van der Waals surface area contributed by atoms with E-state index in [1.165, 1.54) is 12.1 Å². The Balaban J connectivity index is 2.84. The van der Waals surface area contributed by atoms with Crippen LogP contribution in [0.2, 0.25) is 0 Å². The average molecular weight is 334 g/mol. The third-order valence-corrected chi connectivity index (χ3v) is 3.07. The highest BCUT2D eigenvalue weighted by Gasteiger charge is 2.22. The first kappa shape index (κ1) is 15.9. The van der Waals surface area contributed by atoms with E-state index >= 15 is 0 Å². The maximum Gasteiger partial charge on any atom is 0.408 e. The zero-order valence-corrected chi connectivity index (χ0v) is 12.6. The molecular formula is C13H17BrFNO3. The Morgan fingerprint density at radius 1 is 1.53 bits per heavy atom. The summed E-state index contributed by atoms with van der Waals surface area (Å²) in [4.78, 5) is 11.6. The van der Waals surface area contributed by atoms with E-state index in [1.807, 2.05) is 0 Å². The smallest absolute Gasteiger partial charge is 0.408 e. The Labute approximate surface area is 120 Å². The molecule has 0 aliphatic carbocycles. The van der Waals surface area contributed by atoms with Gasteiger partial charge in [0.2, 0.25) is 0 Å². The number of benzene rings is 1. The highest BCUT2D eigenvalue weighted by molar-refractivity contribution is 9.10. The average Bonchev–Trinajstić information content (AvgIpc) is 2.27. The van der Waals surface area contributed by atoms with E-state index in [2.05, 4.69) is 21.2 Å². The molecule has 19 heavy (non-hydrogen) atoms. The molecule has 0 heterocycles. The Morgan fingerprint density at radius 3 is 2.68 bits per heavy atom. The SMILES string of the molecule is CC(C)(C)OC(=O)N[C@H](CO)c1cccc(F)c1Br. The second kappa shape index (κ2) is 6.34. The summed E-state index contributed by atoms with van der Waals surface area (Å²) in [7, 11) is 0. The first-order chi connectivity index (χ1) is 8.74. The molecule has 0 spiro atoms. The molecule has 0 aliphatic heterocycles. The van der Waals surface area contributed by atoms with Crippen molar-refractivity contribution in [2.24, 2.45) is 0 Å². The summed E-state index contributed by atoms with van der Waals surface area (Å²) in [5.41, 5.74) is -0.183. The Hall–Kier alpha value is -1.14. The highest BCUT2D eigenvalue weighted by Crippen LogP contribution is 2.26. The minimum Gasteiger partial charge on any atom is -0.444 e. The standard InChI is InChI=1S/C13H17BrFNO3/c1-13(2,3)19-12(18)16-10(7-17)8-5-4-6-9(15)11(8)14/h4-6,10,17H,7H2,1-3H3,(H,16,18)/t10-/m1/s1. The number of hydrogen-bond acceptors (Lipinski definition) is 3. The first-order valence-corrected chi connectivity index (χ1v) is 6.58. The van der Waals surface area contributed by atoms with Crippen molar-refractivity contribution in [1.29, 1.82) is 0 Å². The summed E-state index contributed by atoms with van der Waals surface area (Å²) in [5, 5.41) is 11.8. The second-order valence-electron chi connectivity index (χ2n) is 5.02. The number of aliphatic hydroxyl groups excluding tert-OH is 1. The summed E-state index contributed by atoms with van der Waals surface area (Å²) in [5.74, 6) is -0.457. The van der Waals surface area contributed by atoms with Crippen LogP contribution >= 0.6 is 15.9 Å². The van der Waals surface area contributed by atoms with Crippen molar-refractivity contribution in [2.45, 2.75) is 32.4 Å². The summed E-state index contributed by atoms with van der Waals surface area (Å²) < 4.78 is 18.7. The number of hydrogen-bond donors (Lipinski definition) is 2. The Kier molecular flexibility index (Phi) is 5.31. The lowest BCUT2D eigenvalue weighted by Crippen LogP contribution is -2.36. The monoisotopic (exact) mass is 333 g/mol. The number of halogens is 2. The van der Waals surface area contributed by atoms with Gasteiger partial charge in [-0.1, -0.05) is 12.1 Å². The Bertz CT molecular complexity index is 460. The van der Waals surface area contributed by atoms with Crippen LogP contribution in [0.5, 0.6) is 0 Å². The molecule has 1 aromatic rings. The van der Waals surface area contributed by atoms with Gasteiger partial charge in [-0.3, -0.25) is 0 Å². The van der Waals surface area contributed by atoms with Crippen LogP contribution in [-0.4, -0.2) is 23.4 Å². The van der Waals surface area contributed by atoms with Gasteiger partial charge >= 0.3 is 6.09 Å². The fourth-order valence-electron chi connectivity index (χ4n) is 1.46. The zero-order chi connectivity index (χ0) is 14.6. The molecule has 0 aromatic heterocycles. The van der Waals surface area contributed by atoms with Crippen LogP contribution in [0.3, 0.4) is 0 Å². The molecule has 0 radical (unpaired) electrons. The lowest BCUT2D eigenvalue weighted by molar-refractivity contribution is 0.0481. The summed E-state index contributed by atoms with van der Waals surface area (Å²) in [6.45, 7) is 4.84. The van der Waals surface area contributed by atoms with E-state index in [0.717, 1.165) is 0 Å². The zero-order valence-electron chi connectivity index (χ0n) is 11.0. The van der Waals surface area contributed by atoms with Crippen LogP contribution in [0, 0.1) is 5.82 Å². The topological polar surface area (TPSA) is 58.6 Å². The Morgan fingerprint density at radius 2 is 2.16 bits per heavy atom. The number of amides is 1. The van der Waals surface area contributed by atoms with E-state index in [-0.39, 0.29) is 11.1 Å². The van der Waals surface area contributed by atoms with Crippen molar-refractivity contribution in [3.8, 4) is 0 Å². The lowest BCUT2D eigenvalue weighted by atomic mass is 10.1. The quantitative estimate of drug-likeness (QED) is 0.893. The molecule has 4 nitrogen and oxygen atoms in total. The molecule has 0 saturated carbocycles. The minimum atomic E-state index is -0.736. The molecule has 0 saturated heterocycles. The van der Waals surface area contributed by atoms with Gasteiger partial charge < -0.3 is 15.2 Å². The minimum absolute atomic E-state index is 0.213. The number of ether oxygens (including phenoxy) is 1. The van der Waals surface area contributed by atoms with Crippen molar-refractivity contribution in [2.75, 3.05) is 6.61 Å². The van der Waals surface area contributed by atoms with Gasteiger partial charge in [0.1, 0.15) is 11.4 Å². The fraction of sp³-hybridized carbons (Fsp3) is 0.462. The van der Waals surface area contributed by atoms with Gasteiger partial charge in [-0.05, 0) is 48.3 Å². The molecule has 1 rings (SSSR count). The summed E-state index contributed by atoms with van der Waals surface area (Å²) in [6, 6.07) is 3.68. The van der Waals surface area contributed by atoms with Crippen molar-refractivity contribution in [3.63, 3.8) is 0 Å². The molecular weight excluding hydrogens is 317 g/mol. The van der Waals surface area contributed by atoms with E-state index in [9.17, 15) is 14.3 Å². The van der Waals surface area contributed by atoms with Gasteiger partial charge in [0.15, 0.2) is 0 Å². The number of alkyl carbamates (subject to hydrolysis) is 1. The first-order valence-electron chi connectivity index (χ1n) is 5.79. The number of carbonyl (C=O) groups is 1. The van der Waals surface area contributed by atoms with Crippen molar-refractivity contribution >= 4 is 22.0 Å². The predicted molar refractivity (Wildman–Crippen MR) is 73.3 cm³/mol. The van der Waals surface area contributed by atoms with Crippen molar-refractivity contribution < 1.29 is 19.0 Å². The summed E-state index contributed by atoms with van der Waals surface area (Å²) >= 11 is 3.09. The van der Waals surface area contributed by atoms with Gasteiger partial charge in [0.25, 0.3) is 0 Å². The molecule has 0 bridgehead atoms. The molecule has 0 aliphatic rings. The van der Waals surface area contributed by atoms with E-state index in [0.29, 0.717) is 5.56 Å². The normalized spacial score (nSPS) is 12.9. The maximum absolute atomic E-state index is 13.4. The van der Waals surface area contributed by atoms with Crippen LogP contribution in [0.4, 0.5) is 9.18 Å². The van der Waals surface area contributed by atoms with Crippen LogP contribution in [0.1, 0.15) is 32.4 Å². The van der Waals surface area contributed by atoms with Gasteiger partial charge in [-0.15, -0.1) is 0 Å². The summed E-state index contributed by atoms with van der Waals surface area (Å²) in [6.07, 6.45) is -0.664. The predicted octanol–water partition coefficient (Wildman–Crippen LogP) is 3.15. The van der Waals surface area contributed by atoms with Gasteiger partial charge in [-0.2, -0.15) is 0 Å². The molecule has 2 N–H and O–H groups in total. The number of rotatable bonds is 3. The number of aliphatic hydroxyl groups is 1. The maximum atomic E-state index is 13.4. The molecule has 1 atom stereocenters. The molecule has 1 amide bonds. The van der Waals surface area contributed by atoms with Crippen LogP contribution in [-0.2, 0) is 4.74 Å². The molecule has 1 aromatic carbocycles. The van der Waals surface area contributed by atoms with Crippen LogP contribution in [0.15, 0.2) is 22.7 Å². The van der Waals surface area contributed by atoms with E-state index < -0.39 is 23.6 Å². The van der Waals surface area contributed by atoms with Gasteiger partial charge in [0, 0.05) is 0 Å². The molecule has 6 heteroatoms. The van der Waals surface area contributed by atoms with Crippen molar-refractivity contribution in [3.05, 3.63) is 34.1 Å². The lowest BCUT2D eigenvalue weighted by Gasteiger charge is -2.23.